The molecule has 150 valence electrons. The fraction of sp³-hybridized carbons (Fsp3) is 0.211. The lowest BCUT2D eigenvalue weighted by atomic mass is 10.2. The zero-order chi connectivity index (χ0) is 20.2. The van der Waals surface area contributed by atoms with Crippen molar-refractivity contribution in [2.45, 2.75) is 10.4 Å². The van der Waals surface area contributed by atoms with Crippen LogP contribution in [0.5, 0.6) is 11.5 Å². The van der Waals surface area contributed by atoms with E-state index in [0.29, 0.717) is 23.1 Å². The normalized spacial score (nSPS) is 15.1. The molecule has 2 heterocycles. The van der Waals surface area contributed by atoms with Crippen LogP contribution in [0.4, 0.5) is 4.79 Å². The van der Waals surface area contributed by atoms with Crippen LogP contribution >= 0.6 is 34.7 Å². The van der Waals surface area contributed by atoms with Crippen LogP contribution in [0.15, 0.2) is 46.8 Å². The molecule has 0 fully saturated rings. The highest BCUT2D eigenvalue weighted by molar-refractivity contribution is 8.01. The highest BCUT2D eigenvalue weighted by Crippen LogP contribution is 2.31. The Labute approximate surface area is 179 Å². The molecular formula is C19H16ClN3O4S2. The van der Waals surface area contributed by atoms with Crippen molar-refractivity contribution in [1.29, 1.82) is 0 Å². The molecule has 0 bridgehead atoms. The van der Waals surface area contributed by atoms with Crippen molar-refractivity contribution in [2.24, 2.45) is 0 Å². The number of carbonyl (C=O) groups excluding carboxylic acids is 2. The zero-order valence-electron chi connectivity index (χ0n) is 15.0. The van der Waals surface area contributed by atoms with Crippen molar-refractivity contribution in [3.05, 3.63) is 47.5 Å². The zero-order valence-corrected chi connectivity index (χ0v) is 17.4. The van der Waals surface area contributed by atoms with Crippen molar-refractivity contribution in [1.82, 2.24) is 15.6 Å². The number of imide groups is 1. The Morgan fingerprint density at radius 1 is 1.24 bits per heavy atom. The Kier molecular flexibility index (Phi) is 6.08. The predicted octanol–water partition coefficient (Wildman–Crippen LogP) is 3.71. The van der Waals surface area contributed by atoms with E-state index in [-0.39, 0.29) is 18.4 Å². The fourth-order valence-corrected chi connectivity index (χ4v) is 4.66. The summed E-state index contributed by atoms with van der Waals surface area (Å²) < 4.78 is 13.1. The molecule has 7 nitrogen and oxygen atoms in total. The van der Waals surface area contributed by atoms with Gasteiger partial charge in [-0.1, -0.05) is 35.5 Å². The smallest absolute Gasteiger partial charge is 0.321 e. The SMILES string of the molecule is O=C(CSc1nc2cc(Cl)ccc2s1)NC(=O)NCC1COc2ccccc2O1. The minimum atomic E-state index is -0.575. The van der Waals surface area contributed by atoms with Crippen molar-refractivity contribution < 1.29 is 19.1 Å². The number of nitrogens with one attached hydrogen (secondary N) is 2. The molecule has 1 aliphatic rings. The number of para-hydroxylation sites is 2. The van der Waals surface area contributed by atoms with E-state index in [9.17, 15) is 9.59 Å². The molecule has 1 aromatic heterocycles. The van der Waals surface area contributed by atoms with Gasteiger partial charge in [-0.2, -0.15) is 0 Å². The number of rotatable bonds is 5. The third kappa shape index (κ3) is 5.11. The summed E-state index contributed by atoms with van der Waals surface area (Å²) in [6.07, 6.45) is -0.324. The number of thiazole rings is 1. The van der Waals surface area contributed by atoms with Crippen molar-refractivity contribution in [3.8, 4) is 11.5 Å². The lowest BCUT2D eigenvalue weighted by Gasteiger charge is -2.26. The second kappa shape index (κ2) is 8.89. The van der Waals surface area contributed by atoms with Crippen LogP contribution < -0.4 is 20.1 Å². The number of fused-ring (bicyclic) bond motifs is 2. The molecule has 0 radical (unpaired) electrons. The van der Waals surface area contributed by atoms with E-state index in [1.807, 2.05) is 24.3 Å². The van der Waals surface area contributed by atoms with Crippen LogP contribution in [0.1, 0.15) is 0 Å². The number of benzene rings is 2. The van der Waals surface area contributed by atoms with Gasteiger partial charge < -0.3 is 14.8 Å². The summed E-state index contributed by atoms with van der Waals surface area (Å²) in [5, 5.41) is 5.54. The van der Waals surface area contributed by atoms with E-state index in [1.54, 1.807) is 18.2 Å². The van der Waals surface area contributed by atoms with Gasteiger partial charge in [0.15, 0.2) is 21.9 Å². The molecule has 0 spiro atoms. The van der Waals surface area contributed by atoms with Gasteiger partial charge in [-0.15, -0.1) is 11.3 Å². The van der Waals surface area contributed by atoms with Crippen molar-refractivity contribution in [3.63, 3.8) is 0 Å². The van der Waals surface area contributed by atoms with Gasteiger partial charge >= 0.3 is 6.03 Å². The monoisotopic (exact) mass is 449 g/mol. The number of aromatic nitrogens is 1. The Hall–Kier alpha value is -2.49. The average Bonchev–Trinajstić information content (AvgIpc) is 3.12. The van der Waals surface area contributed by atoms with E-state index in [0.717, 1.165) is 14.6 Å². The van der Waals surface area contributed by atoms with Crippen LogP contribution in [0.3, 0.4) is 0 Å². The van der Waals surface area contributed by atoms with Crippen molar-refractivity contribution in [2.75, 3.05) is 18.9 Å². The van der Waals surface area contributed by atoms with Gasteiger partial charge in [0.05, 0.1) is 22.5 Å². The highest BCUT2D eigenvalue weighted by atomic mass is 35.5. The minimum Gasteiger partial charge on any atom is -0.486 e. The maximum Gasteiger partial charge on any atom is 0.321 e. The van der Waals surface area contributed by atoms with Crippen LogP contribution in [0.25, 0.3) is 10.2 Å². The Bertz CT molecular complexity index is 1060. The van der Waals surface area contributed by atoms with Gasteiger partial charge in [-0.05, 0) is 30.3 Å². The van der Waals surface area contributed by atoms with E-state index in [4.69, 9.17) is 21.1 Å². The summed E-state index contributed by atoms with van der Waals surface area (Å²) >= 11 is 8.70. The van der Waals surface area contributed by atoms with Gasteiger partial charge in [0.1, 0.15) is 6.61 Å². The van der Waals surface area contributed by atoms with Crippen LogP contribution in [-0.4, -0.2) is 41.9 Å². The largest absolute Gasteiger partial charge is 0.486 e. The number of hydrogen-bond donors (Lipinski definition) is 2. The fourth-order valence-electron chi connectivity index (χ4n) is 2.65. The molecule has 0 aliphatic carbocycles. The molecule has 29 heavy (non-hydrogen) atoms. The summed E-state index contributed by atoms with van der Waals surface area (Å²) in [5.74, 6) is 0.987. The molecule has 2 aromatic carbocycles. The average molecular weight is 450 g/mol. The second-order valence-electron chi connectivity index (χ2n) is 6.14. The lowest BCUT2D eigenvalue weighted by molar-refractivity contribution is -0.117. The summed E-state index contributed by atoms with van der Waals surface area (Å²) in [4.78, 5) is 28.4. The van der Waals surface area contributed by atoms with E-state index in [2.05, 4.69) is 15.6 Å². The topological polar surface area (TPSA) is 89.6 Å². The highest BCUT2D eigenvalue weighted by Gasteiger charge is 2.21. The minimum absolute atomic E-state index is 0.0807. The van der Waals surface area contributed by atoms with E-state index in [1.165, 1.54) is 23.1 Å². The summed E-state index contributed by atoms with van der Waals surface area (Å²) in [7, 11) is 0. The number of halogens is 1. The van der Waals surface area contributed by atoms with Gasteiger partial charge in [0.25, 0.3) is 0 Å². The number of nitrogens with zero attached hydrogens (tertiary/aromatic N) is 1. The number of amides is 3. The predicted molar refractivity (Wildman–Crippen MR) is 113 cm³/mol. The lowest BCUT2D eigenvalue weighted by Crippen LogP contribution is -2.46. The van der Waals surface area contributed by atoms with Gasteiger partial charge in [-0.3, -0.25) is 10.1 Å². The number of carbonyl (C=O) groups is 2. The second-order valence-corrected chi connectivity index (χ2v) is 8.83. The molecule has 10 heteroatoms. The Balaban J connectivity index is 1.21. The third-order valence-electron chi connectivity index (χ3n) is 3.97. The number of urea groups is 1. The molecule has 1 aliphatic heterocycles. The van der Waals surface area contributed by atoms with Gasteiger partial charge in [0, 0.05) is 5.02 Å². The van der Waals surface area contributed by atoms with E-state index < -0.39 is 11.9 Å². The van der Waals surface area contributed by atoms with Crippen LogP contribution in [0, 0.1) is 0 Å². The molecular weight excluding hydrogens is 434 g/mol. The maximum absolute atomic E-state index is 12.0. The molecule has 3 aromatic rings. The van der Waals surface area contributed by atoms with Crippen molar-refractivity contribution >= 4 is 56.9 Å². The molecule has 4 rings (SSSR count). The first-order valence-electron chi connectivity index (χ1n) is 8.72. The first kappa shape index (κ1) is 19.8. The first-order chi connectivity index (χ1) is 14.1. The first-order valence-corrected chi connectivity index (χ1v) is 10.9. The number of hydrogen-bond acceptors (Lipinski definition) is 7. The molecule has 1 atom stereocenters. The molecule has 0 saturated carbocycles. The summed E-state index contributed by atoms with van der Waals surface area (Å²) in [6.45, 7) is 0.544. The molecule has 1 unspecified atom stereocenters. The number of ether oxygens (including phenoxy) is 2. The Morgan fingerprint density at radius 2 is 2.07 bits per heavy atom. The Morgan fingerprint density at radius 3 is 2.93 bits per heavy atom. The maximum atomic E-state index is 12.0. The summed E-state index contributed by atoms with van der Waals surface area (Å²) in [6, 6.07) is 12.2. The van der Waals surface area contributed by atoms with E-state index >= 15 is 0 Å². The molecule has 2 N–H and O–H groups in total. The quantitative estimate of drug-likeness (QED) is 0.577. The third-order valence-corrected chi connectivity index (χ3v) is 6.38. The standard InChI is InChI=1S/C19H16ClN3O4S2/c20-11-5-6-16-13(7-11)22-19(29-16)28-10-17(24)23-18(25)21-8-12-9-26-14-3-1-2-4-15(14)27-12/h1-7,12H,8-10H2,(H2,21,23,24,25). The van der Waals surface area contributed by atoms with Crippen LogP contribution in [0.2, 0.25) is 5.02 Å². The molecule has 3 amide bonds. The van der Waals surface area contributed by atoms with Gasteiger partial charge in [-0.25, -0.2) is 9.78 Å². The van der Waals surface area contributed by atoms with Gasteiger partial charge in [0.2, 0.25) is 5.91 Å². The van der Waals surface area contributed by atoms with Crippen LogP contribution in [-0.2, 0) is 4.79 Å². The molecule has 0 saturated heterocycles. The number of thioether (sulfide) groups is 1. The summed E-state index contributed by atoms with van der Waals surface area (Å²) in [5.41, 5.74) is 0.791.